The van der Waals surface area contributed by atoms with Crippen LogP contribution in [0.2, 0.25) is 0 Å². The summed E-state index contributed by atoms with van der Waals surface area (Å²) in [7, 11) is 2.54. The highest BCUT2D eigenvalue weighted by molar-refractivity contribution is 5.71. The predicted octanol–water partition coefficient (Wildman–Crippen LogP) is -4.20. The average Bonchev–Trinajstić information content (AvgIpc) is 2.55. The minimum absolute atomic E-state index is 0.244. The van der Waals surface area contributed by atoms with Crippen molar-refractivity contribution in [2.45, 2.75) is 24.4 Å². The molecule has 0 aliphatic rings. The van der Waals surface area contributed by atoms with Crippen LogP contribution >= 0.6 is 0 Å². The van der Waals surface area contributed by atoms with Gasteiger partial charge in [-0.3, -0.25) is 13.9 Å². The number of rotatable bonds is 6. The Morgan fingerprint density at radius 3 is 2.22 bits per heavy atom. The van der Waals surface area contributed by atoms with Crippen LogP contribution in [0.4, 0.5) is 11.5 Å². The SMILES string of the molecule is Cn1c(N)c(N=C[C@H](O)[C@@H](O)[C@@H](O)[C@H](O)CO)c(=O)n(C)c1=O. The zero-order valence-electron chi connectivity index (χ0n) is 12.6. The van der Waals surface area contributed by atoms with E-state index in [0.717, 1.165) is 15.3 Å². The zero-order chi connectivity index (χ0) is 17.9. The van der Waals surface area contributed by atoms with Gasteiger partial charge in [-0.25, -0.2) is 9.79 Å². The second-order valence-electron chi connectivity index (χ2n) is 4.94. The molecule has 0 aromatic carbocycles. The smallest absolute Gasteiger partial charge is 0.332 e. The van der Waals surface area contributed by atoms with E-state index in [0.29, 0.717) is 0 Å². The first kappa shape index (κ1) is 19.0. The fourth-order valence-corrected chi connectivity index (χ4v) is 1.74. The molecule has 1 aromatic heterocycles. The van der Waals surface area contributed by atoms with Crippen molar-refractivity contribution < 1.29 is 25.5 Å². The van der Waals surface area contributed by atoms with Gasteiger partial charge in [-0.05, 0) is 0 Å². The number of nitrogen functional groups attached to an aromatic ring is 1. The highest BCUT2D eigenvalue weighted by Crippen LogP contribution is 2.13. The lowest BCUT2D eigenvalue weighted by atomic mass is 10.0. The number of aliphatic imine (C=N–C) groups is 1. The molecule has 4 atom stereocenters. The standard InChI is InChI=1S/C12H20N4O7/c1-15-10(13)7(11(22)16(2)12(15)23)14-3-5(18)8(20)9(21)6(19)4-17/h3,5-6,8-9,17-21H,4,13H2,1-2H3/t5-,6+,8+,9-/m0/s1. The third-order valence-electron chi connectivity index (χ3n) is 3.32. The number of aliphatic hydroxyl groups excluding tert-OH is 5. The van der Waals surface area contributed by atoms with Crippen molar-refractivity contribution in [1.82, 2.24) is 9.13 Å². The van der Waals surface area contributed by atoms with Crippen molar-refractivity contribution in [1.29, 1.82) is 0 Å². The second kappa shape index (κ2) is 7.48. The molecule has 1 aromatic rings. The normalized spacial score (nSPS) is 17.2. The van der Waals surface area contributed by atoms with Crippen molar-refractivity contribution in [3.8, 4) is 0 Å². The van der Waals surface area contributed by atoms with E-state index in [2.05, 4.69) is 4.99 Å². The van der Waals surface area contributed by atoms with Crippen LogP contribution in [0.3, 0.4) is 0 Å². The maximum absolute atomic E-state index is 11.9. The summed E-state index contributed by atoms with van der Waals surface area (Å²) in [4.78, 5) is 27.2. The topological polar surface area (TPSA) is 184 Å². The van der Waals surface area contributed by atoms with Crippen LogP contribution in [-0.2, 0) is 14.1 Å². The largest absolute Gasteiger partial charge is 0.394 e. The summed E-state index contributed by atoms with van der Waals surface area (Å²) < 4.78 is 1.73. The molecule has 0 saturated heterocycles. The molecule has 0 spiro atoms. The molecule has 0 radical (unpaired) electrons. The van der Waals surface area contributed by atoms with Crippen LogP contribution in [0.25, 0.3) is 0 Å². The lowest BCUT2D eigenvalue weighted by Crippen LogP contribution is -2.46. The third kappa shape index (κ3) is 3.83. The quantitative estimate of drug-likeness (QED) is 0.283. The van der Waals surface area contributed by atoms with Gasteiger partial charge in [-0.15, -0.1) is 0 Å². The van der Waals surface area contributed by atoms with Crippen molar-refractivity contribution in [2.75, 3.05) is 12.3 Å². The molecular weight excluding hydrogens is 312 g/mol. The highest BCUT2D eigenvalue weighted by atomic mass is 16.4. The Kier molecular flexibility index (Phi) is 6.18. The molecule has 11 heteroatoms. The van der Waals surface area contributed by atoms with Gasteiger partial charge in [-0.1, -0.05) is 0 Å². The Morgan fingerprint density at radius 2 is 1.70 bits per heavy atom. The van der Waals surface area contributed by atoms with Crippen LogP contribution in [0.5, 0.6) is 0 Å². The molecule has 0 amide bonds. The van der Waals surface area contributed by atoms with Gasteiger partial charge in [-0.2, -0.15) is 0 Å². The molecule has 7 N–H and O–H groups in total. The third-order valence-corrected chi connectivity index (χ3v) is 3.32. The van der Waals surface area contributed by atoms with E-state index in [9.17, 15) is 30.0 Å². The van der Waals surface area contributed by atoms with Crippen LogP contribution in [0.15, 0.2) is 14.6 Å². The van der Waals surface area contributed by atoms with Crippen molar-refractivity contribution in [3.63, 3.8) is 0 Å². The Labute approximate surface area is 130 Å². The molecule has 0 unspecified atom stereocenters. The second-order valence-corrected chi connectivity index (χ2v) is 4.94. The van der Waals surface area contributed by atoms with Gasteiger partial charge >= 0.3 is 5.69 Å². The van der Waals surface area contributed by atoms with Gasteiger partial charge in [0.15, 0.2) is 5.69 Å². The summed E-state index contributed by atoms with van der Waals surface area (Å²) in [6.07, 6.45) is -6.38. The first-order valence-corrected chi connectivity index (χ1v) is 6.56. The van der Waals surface area contributed by atoms with Gasteiger partial charge in [0.2, 0.25) is 0 Å². The first-order chi connectivity index (χ1) is 10.6. The number of nitrogens with two attached hydrogens (primary N) is 1. The zero-order valence-corrected chi connectivity index (χ0v) is 12.6. The maximum Gasteiger partial charge on any atom is 0.332 e. The summed E-state index contributed by atoms with van der Waals surface area (Å²) in [6.45, 7) is -0.823. The molecule has 0 saturated carbocycles. The minimum Gasteiger partial charge on any atom is -0.394 e. The lowest BCUT2D eigenvalue weighted by molar-refractivity contribution is -0.0999. The highest BCUT2D eigenvalue weighted by Gasteiger charge is 2.29. The van der Waals surface area contributed by atoms with Crippen LogP contribution in [0.1, 0.15) is 0 Å². The van der Waals surface area contributed by atoms with Crippen LogP contribution < -0.4 is 17.0 Å². The molecule has 0 aliphatic carbocycles. The summed E-state index contributed by atoms with van der Waals surface area (Å²) in [5.41, 5.74) is 3.81. The van der Waals surface area contributed by atoms with Gasteiger partial charge in [0, 0.05) is 20.3 Å². The molecule has 0 bridgehead atoms. The molecule has 1 rings (SSSR count). The molecule has 11 nitrogen and oxygen atoms in total. The lowest BCUT2D eigenvalue weighted by Gasteiger charge is -2.23. The van der Waals surface area contributed by atoms with Crippen LogP contribution in [-0.4, -0.2) is 71.9 Å². The van der Waals surface area contributed by atoms with Crippen molar-refractivity contribution in [2.24, 2.45) is 19.1 Å². The Hall–Kier alpha value is -2.05. The number of aromatic nitrogens is 2. The number of nitrogens with zero attached hydrogens (tertiary/aromatic N) is 3. The fourth-order valence-electron chi connectivity index (χ4n) is 1.74. The van der Waals surface area contributed by atoms with E-state index in [1.807, 2.05) is 0 Å². The van der Waals surface area contributed by atoms with Gasteiger partial charge in [0.05, 0.1) is 6.61 Å². The van der Waals surface area contributed by atoms with E-state index in [1.54, 1.807) is 0 Å². The van der Waals surface area contributed by atoms with Gasteiger partial charge in [0.25, 0.3) is 5.56 Å². The average molecular weight is 332 g/mol. The molecule has 130 valence electrons. The summed E-state index contributed by atoms with van der Waals surface area (Å²) >= 11 is 0. The van der Waals surface area contributed by atoms with E-state index in [1.165, 1.54) is 14.1 Å². The molecule has 23 heavy (non-hydrogen) atoms. The van der Waals surface area contributed by atoms with E-state index < -0.39 is 42.3 Å². The fraction of sp³-hybridized carbons (Fsp3) is 0.583. The molecular formula is C12H20N4O7. The summed E-state index contributed by atoms with van der Waals surface area (Å²) in [5.74, 6) is -0.244. The monoisotopic (exact) mass is 332 g/mol. The minimum atomic E-state index is -1.86. The van der Waals surface area contributed by atoms with Crippen LogP contribution in [0, 0.1) is 0 Å². The van der Waals surface area contributed by atoms with Crippen molar-refractivity contribution in [3.05, 3.63) is 20.8 Å². The summed E-state index contributed by atoms with van der Waals surface area (Å²) in [6, 6.07) is 0. The molecule has 0 fully saturated rings. The van der Waals surface area contributed by atoms with Gasteiger partial charge in [0.1, 0.15) is 30.2 Å². The maximum atomic E-state index is 11.9. The van der Waals surface area contributed by atoms with Crippen molar-refractivity contribution >= 4 is 17.7 Å². The van der Waals surface area contributed by atoms with Gasteiger partial charge < -0.3 is 31.3 Å². The number of hydrogen-bond acceptors (Lipinski definition) is 9. The Bertz CT molecular complexity index is 696. The molecule has 1 heterocycles. The summed E-state index contributed by atoms with van der Waals surface area (Å²) in [5, 5.41) is 46.7. The number of aliphatic hydroxyl groups is 5. The van der Waals surface area contributed by atoms with E-state index in [-0.39, 0.29) is 11.5 Å². The number of hydrogen-bond donors (Lipinski definition) is 6. The molecule has 0 aliphatic heterocycles. The Morgan fingerprint density at radius 1 is 1.13 bits per heavy atom. The first-order valence-electron chi connectivity index (χ1n) is 6.56. The Balaban J connectivity index is 3.11. The number of anilines is 1. The predicted molar refractivity (Wildman–Crippen MR) is 80.6 cm³/mol. The van der Waals surface area contributed by atoms with E-state index >= 15 is 0 Å². The van der Waals surface area contributed by atoms with E-state index in [4.69, 9.17) is 10.8 Å².